The highest BCUT2D eigenvalue weighted by atomic mass is 32.2. The van der Waals surface area contributed by atoms with Crippen molar-refractivity contribution in [2.75, 3.05) is 12.3 Å². The molecule has 116 valence electrons. The lowest BCUT2D eigenvalue weighted by molar-refractivity contribution is -0.384. The van der Waals surface area contributed by atoms with E-state index in [9.17, 15) is 18.5 Å². The first-order valence-corrected chi connectivity index (χ1v) is 7.97. The van der Waals surface area contributed by atoms with Gasteiger partial charge in [-0.15, -0.1) is 0 Å². The van der Waals surface area contributed by atoms with E-state index in [4.69, 9.17) is 10.5 Å². The summed E-state index contributed by atoms with van der Waals surface area (Å²) in [6, 6.07) is 3.00. The second kappa shape index (κ2) is 5.96. The van der Waals surface area contributed by atoms with Crippen LogP contribution in [0.5, 0.6) is 0 Å². The molecule has 0 saturated carbocycles. The summed E-state index contributed by atoms with van der Waals surface area (Å²) in [5, 5.41) is 10.8. The van der Waals surface area contributed by atoms with Crippen LogP contribution in [0.4, 0.5) is 11.4 Å². The molecule has 2 atom stereocenters. The second-order valence-corrected chi connectivity index (χ2v) is 6.65. The van der Waals surface area contributed by atoms with Crippen molar-refractivity contribution in [2.24, 2.45) is 0 Å². The number of hydrogen-bond acceptors (Lipinski definition) is 6. The second-order valence-electron chi connectivity index (χ2n) is 4.94. The third kappa shape index (κ3) is 3.49. The van der Waals surface area contributed by atoms with Crippen LogP contribution in [0.25, 0.3) is 0 Å². The fourth-order valence-corrected chi connectivity index (χ4v) is 3.53. The number of nitrogens with zero attached hydrogens (tertiary/aromatic N) is 1. The Morgan fingerprint density at radius 1 is 1.52 bits per heavy atom. The fourth-order valence-electron chi connectivity index (χ4n) is 2.23. The number of ether oxygens (including phenoxy) is 1. The van der Waals surface area contributed by atoms with Gasteiger partial charge in [-0.1, -0.05) is 0 Å². The van der Waals surface area contributed by atoms with Gasteiger partial charge in [0.15, 0.2) is 0 Å². The number of nitrogens with one attached hydrogen (secondary N) is 1. The minimum absolute atomic E-state index is 0.0777. The van der Waals surface area contributed by atoms with Crippen molar-refractivity contribution in [3.8, 4) is 0 Å². The Bertz CT molecular complexity index is 640. The number of nitrogens with two attached hydrogens (primary N) is 1. The summed E-state index contributed by atoms with van der Waals surface area (Å²) in [5.41, 5.74) is 4.95. The first-order chi connectivity index (χ1) is 9.81. The molecule has 8 nitrogen and oxygen atoms in total. The van der Waals surface area contributed by atoms with Crippen molar-refractivity contribution in [1.82, 2.24) is 4.72 Å². The van der Waals surface area contributed by atoms with E-state index in [-0.39, 0.29) is 16.7 Å². The standard InChI is InChI=1S/C12H17N3O5S/c1-8(12-3-2-6-20-12)14-21(18,19)9-4-5-10(13)11(7-9)15(16)17/h4-5,7-8,12,14H,2-3,6,13H2,1H3. The molecule has 2 rings (SSSR count). The van der Waals surface area contributed by atoms with Gasteiger partial charge in [0.05, 0.1) is 15.9 Å². The van der Waals surface area contributed by atoms with E-state index in [2.05, 4.69) is 4.72 Å². The molecule has 1 aliphatic heterocycles. The van der Waals surface area contributed by atoms with Gasteiger partial charge in [-0.25, -0.2) is 13.1 Å². The molecule has 1 heterocycles. The smallest absolute Gasteiger partial charge is 0.293 e. The predicted octanol–water partition coefficient (Wildman–Crippen LogP) is 1.02. The van der Waals surface area contributed by atoms with Crippen molar-refractivity contribution >= 4 is 21.4 Å². The van der Waals surface area contributed by atoms with E-state index in [1.54, 1.807) is 6.92 Å². The van der Waals surface area contributed by atoms with Crippen molar-refractivity contribution in [1.29, 1.82) is 0 Å². The van der Waals surface area contributed by atoms with Crippen LogP contribution in [0.15, 0.2) is 23.1 Å². The molecule has 0 bridgehead atoms. The van der Waals surface area contributed by atoms with E-state index in [0.717, 1.165) is 18.9 Å². The normalized spacial score (nSPS) is 20.3. The molecule has 0 radical (unpaired) electrons. The Hall–Kier alpha value is -1.71. The molecular formula is C12H17N3O5S. The van der Waals surface area contributed by atoms with Gasteiger partial charge in [-0.3, -0.25) is 10.1 Å². The average molecular weight is 315 g/mol. The maximum absolute atomic E-state index is 12.3. The summed E-state index contributed by atoms with van der Waals surface area (Å²) in [5.74, 6) is 0. The summed E-state index contributed by atoms with van der Waals surface area (Å²) < 4.78 is 32.4. The van der Waals surface area contributed by atoms with Crippen LogP contribution >= 0.6 is 0 Å². The molecule has 9 heteroatoms. The number of rotatable bonds is 5. The minimum atomic E-state index is -3.86. The van der Waals surface area contributed by atoms with E-state index >= 15 is 0 Å². The molecule has 1 aliphatic rings. The van der Waals surface area contributed by atoms with Gasteiger partial charge in [0, 0.05) is 18.7 Å². The van der Waals surface area contributed by atoms with Gasteiger partial charge < -0.3 is 10.5 Å². The Morgan fingerprint density at radius 2 is 2.24 bits per heavy atom. The molecule has 1 aromatic rings. The molecule has 1 aromatic carbocycles. The monoisotopic (exact) mass is 315 g/mol. The third-order valence-corrected chi connectivity index (χ3v) is 4.93. The van der Waals surface area contributed by atoms with Gasteiger partial charge in [0.2, 0.25) is 10.0 Å². The molecule has 0 aliphatic carbocycles. The molecule has 3 N–H and O–H groups in total. The topological polar surface area (TPSA) is 125 Å². The zero-order valence-corrected chi connectivity index (χ0v) is 12.3. The highest BCUT2D eigenvalue weighted by Gasteiger charge is 2.28. The zero-order valence-electron chi connectivity index (χ0n) is 11.5. The van der Waals surface area contributed by atoms with Crippen LogP contribution in [0.3, 0.4) is 0 Å². The number of sulfonamides is 1. The molecular weight excluding hydrogens is 298 g/mol. The van der Waals surface area contributed by atoms with Crippen LogP contribution in [0.2, 0.25) is 0 Å². The lowest BCUT2D eigenvalue weighted by atomic mass is 10.1. The Labute approximate surface area is 122 Å². The van der Waals surface area contributed by atoms with Crippen LogP contribution in [-0.4, -0.2) is 32.1 Å². The fraction of sp³-hybridized carbons (Fsp3) is 0.500. The van der Waals surface area contributed by atoms with Crippen LogP contribution in [-0.2, 0) is 14.8 Å². The van der Waals surface area contributed by atoms with Gasteiger partial charge in [-0.2, -0.15) is 0 Å². The first kappa shape index (κ1) is 15.7. The molecule has 2 unspecified atom stereocenters. The molecule has 0 aromatic heterocycles. The molecule has 1 fully saturated rings. The summed E-state index contributed by atoms with van der Waals surface area (Å²) in [7, 11) is -3.86. The lowest BCUT2D eigenvalue weighted by Gasteiger charge is -2.19. The summed E-state index contributed by atoms with van der Waals surface area (Å²) in [6.07, 6.45) is 1.50. The SMILES string of the molecule is CC(NS(=O)(=O)c1ccc(N)c([N+](=O)[O-])c1)C1CCCO1. The number of nitro groups is 1. The highest BCUT2D eigenvalue weighted by Crippen LogP contribution is 2.25. The summed E-state index contributed by atoms with van der Waals surface area (Å²) in [6.45, 7) is 2.32. The highest BCUT2D eigenvalue weighted by molar-refractivity contribution is 7.89. The van der Waals surface area contributed by atoms with Gasteiger partial charge in [0.1, 0.15) is 5.69 Å². The van der Waals surface area contributed by atoms with Gasteiger partial charge in [-0.05, 0) is 31.9 Å². The predicted molar refractivity (Wildman–Crippen MR) is 76.3 cm³/mol. The summed E-state index contributed by atoms with van der Waals surface area (Å²) >= 11 is 0. The number of nitro benzene ring substituents is 1. The average Bonchev–Trinajstić information content (AvgIpc) is 2.92. The number of anilines is 1. The van der Waals surface area contributed by atoms with E-state index in [1.165, 1.54) is 12.1 Å². The minimum Gasteiger partial charge on any atom is -0.393 e. The van der Waals surface area contributed by atoms with E-state index in [0.29, 0.717) is 6.61 Å². The molecule has 0 amide bonds. The van der Waals surface area contributed by atoms with E-state index in [1.807, 2.05) is 0 Å². The van der Waals surface area contributed by atoms with Crippen molar-refractivity contribution in [3.05, 3.63) is 28.3 Å². The maximum atomic E-state index is 12.3. The largest absolute Gasteiger partial charge is 0.393 e. The molecule has 1 saturated heterocycles. The van der Waals surface area contributed by atoms with Crippen LogP contribution < -0.4 is 10.5 Å². The quantitative estimate of drug-likeness (QED) is 0.475. The Balaban J connectivity index is 2.23. The van der Waals surface area contributed by atoms with Crippen molar-refractivity contribution in [3.63, 3.8) is 0 Å². The number of nitrogen functional groups attached to an aromatic ring is 1. The zero-order chi connectivity index (χ0) is 15.6. The van der Waals surface area contributed by atoms with Crippen molar-refractivity contribution < 1.29 is 18.1 Å². The van der Waals surface area contributed by atoms with Crippen LogP contribution in [0.1, 0.15) is 19.8 Å². The maximum Gasteiger partial charge on any atom is 0.293 e. The Morgan fingerprint density at radius 3 is 2.81 bits per heavy atom. The number of hydrogen-bond donors (Lipinski definition) is 2. The third-order valence-electron chi connectivity index (χ3n) is 3.37. The first-order valence-electron chi connectivity index (χ1n) is 6.49. The Kier molecular flexibility index (Phi) is 4.45. The van der Waals surface area contributed by atoms with Gasteiger partial charge in [0.25, 0.3) is 5.69 Å². The number of benzene rings is 1. The van der Waals surface area contributed by atoms with Crippen LogP contribution in [0, 0.1) is 10.1 Å². The van der Waals surface area contributed by atoms with Gasteiger partial charge >= 0.3 is 0 Å². The van der Waals surface area contributed by atoms with E-state index < -0.39 is 26.7 Å². The summed E-state index contributed by atoms with van der Waals surface area (Å²) in [4.78, 5) is 9.93. The lowest BCUT2D eigenvalue weighted by Crippen LogP contribution is -2.40. The molecule has 0 spiro atoms. The molecule has 21 heavy (non-hydrogen) atoms. The van der Waals surface area contributed by atoms with Crippen molar-refractivity contribution in [2.45, 2.75) is 36.8 Å².